The van der Waals surface area contributed by atoms with E-state index in [-0.39, 0.29) is 46.3 Å². The minimum Gasteiger partial charge on any atom is -0.361 e. The number of hydrogen-bond donors (Lipinski definition) is 1. The third-order valence-electron chi connectivity index (χ3n) is 10.5. The summed E-state index contributed by atoms with van der Waals surface area (Å²) >= 11 is 5.89. The second kappa shape index (κ2) is 10.6. The van der Waals surface area contributed by atoms with Crippen molar-refractivity contribution in [2.24, 2.45) is 21.7 Å². The highest BCUT2D eigenvalue weighted by Gasteiger charge is 2.75. The predicted octanol–water partition coefficient (Wildman–Crippen LogP) is 7.36. The zero-order valence-corrected chi connectivity index (χ0v) is 26.1. The topological polar surface area (TPSA) is 75.6 Å². The number of benzene rings is 2. The lowest BCUT2D eigenvalue weighted by atomic mass is 9.33. The van der Waals surface area contributed by atoms with Crippen LogP contribution in [0, 0.1) is 22.6 Å². The molecule has 43 heavy (non-hydrogen) atoms. The number of rotatable bonds is 10. The summed E-state index contributed by atoms with van der Waals surface area (Å²) in [5.41, 5.74) is -0.874. The second-order valence-corrected chi connectivity index (χ2v) is 16.5. The van der Waals surface area contributed by atoms with Crippen LogP contribution in [0.3, 0.4) is 0 Å². The first kappa shape index (κ1) is 30.6. The number of halogens is 4. The van der Waals surface area contributed by atoms with Crippen molar-refractivity contribution < 1.29 is 26.4 Å². The van der Waals surface area contributed by atoms with Crippen LogP contribution >= 0.6 is 11.6 Å². The lowest BCUT2D eigenvalue weighted by Gasteiger charge is -2.72. The number of aliphatic imine (C=N–C) groups is 1. The molecular weight excluding hydrogens is 597 g/mol. The highest BCUT2D eigenvalue weighted by molar-refractivity contribution is 7.92. The number of Topliss-reactive ketones (excluding diaryl/α,β-unsaturated/α-hetero) is 1. The first-order valence-electron chi connectivity index (χ1n) is 15.2. The van der Waals surface area contributed by atoms with E-state index in [0.717, 1.165) is 5.84 Å². The lowest BCUT2D eigenvalue weighted by Crippen LogP contribution is -2.72. The third kappa shape index (κ3) is 5.54. The molecule has 1 aliphatic heterocycles. The molecule has 0 saturated heterocycles. The van der Waals surface area contributed by atoms with Gasteiger partial charge in [0.2, 0.25) is 5.92 Å². The SMILES string of the molecule is CC1(C)N=C(C23CC(C(Cc4ccc(Cl)c(F)c4)S(=O)(=O)c4ccccc4)(C2)C3)N[C@H]1C(=O)CCC1CCC(F)(F)CC1. The van der Waals surface area contributed by atoms with E-state index in [1.165, 1.54) is 12.1 Å². The summed E-state index contributed by atoms with van der Waals surface area (Å²) in [5, 5.41) is 2.66. The van der Waals surface area contributed by atoms with Gasteiger partial charge in [-0.2, -0.15) is 0 Å². The predicted molar refractivity (Wildman–Crippen MR) is 161 cm³/mol. The van der Waals surface area contributed by atoms with Gasteiger partial charge in [-0.15, -0.1) is 0 Å². The highest BCUT2D eigenvalue weighted by atomic mass is 35.5. The number of amidine groups is 1. The summed E-state index contributed by atoms with van der Waals surface area (Å²) in [7, 11) is -3.74. The van der Waals surface area contributed by atoms with E-state index >= 15 is 0 Å². The van der Waals surface area contributed by atoms with E-state index < -0.39 is 43.8 Å². The van der Waals surface area contributed by atoms with Crippen molar-refractivity contribution in [2.75, 3.05) is 0 Å². The van der Waals surface area contributed by atoms with Crippen LogP contribution in [0.4, 0.5) is 13.2 Å². The molecule has 2 atom stereocenters. The Kier molecular flexibility index (Phi) is 7.56. The first-order chi connectivity index (χ1) is 20.1. The molecule has 2 aromatic carbocycles. The van der Waals surface area contributed by atoms with Gasteiger partial charge in [0.15, 0.2) is 15.6 Å². The zero-order valence-electron chi connectivity index (χ0n) is 24.5. The average Bonchev–Trinajstić information content (AvgIpc) is 3.23. The largest absolute Gasteiger partial charge is 0.361 e. The number of carbonyl (C=O) groups excluding carboxylic acids is 1. The van der Waals surface area contributed by atoms with Gasteiger partial charge in [-0.05, 0) is 100.0 Å². The molecule has 1 unspecified atom stereocenters. The fraction of sp³-hybridized carbons (Fsp3) is 0.576. The van der Waals surface area contributed by atoms with Gasteiger partial charge < -0.3 is 5.32 Å². The van der Waals surface area contributed by atoms with E-state index in [9.17, 15) is 26.4 Å². The molecule has 4 fully saturated rings. The number of alkyl halides is 2. The Morgan fingerprint density at radius 1 is 1.07 bits per heavy atom. The van der Waals surface area contributed by atoms with Crippen molar-refractivity contribution in [3.05, 3.63) is 64.9 Å². The van der Waals surface area contributed by atoms with Crippen LogP contribution in [0.15, 0.2) is 58.4 Å². The van der Waals surface area contributed by atoms with Crippen molar-refractivity contribution in [3.63, 3.8) is 0 Å². The fourth-order valence-corrected chi connectivity index (χ4v) is 10.4. The van der Waals surface area contributed by atoms with Crippen LogP contribution in [0.5, 0.6) is 0 Å². The molecule has 10 heteroatoms. The quantitative estimate of drug-likeness (QED) is 0.296. The number of carbonyl (C=O) groups is 1. The summed E-state index contributed by atoms with van der Waals surface area (Å²) < 4.78 is 69.4. The van der Waals surface area contributed by atoms with E-state index in [1.54, 1.807) is 36.4 Å². The first-order valence-corrected chi connectivity index (χ1v) is 17.1. The molecule has 232 valence electrons. The molecular formula is C33H38ClF3N2O3S. The van der Waals surface area contributed by atoms with Crippen LogP contribution < -0.4 is 5.32 Å². The Hall–Kier alpha value is -2.39. The number of nitrogens with one attached hydrogen (secondary N) is 1. The summed E-state index contributed by atoms with van der Waals surface area (Å²) in [6.45, 7) is 3.85. The van der Waals surface area contributed by atoms with E-state index in [2.05, 4.69) is 5.32 Å². The van der Waals surface area contributed by atoms with E-state index in [4.69, 9.17) is 16.6 Å². The van der Waals surface area contributed by atoms with Crippen LogP contribution in [0.2, 0.25) is 5.02 Å². The smallest absolute Gasteiger partial charge is 0.248 e. The van der Waals surface area contributed by atoms with Gasteiger partial charge in [0.25, 0.3) is 0 Å². The van der Waals surface area contributed by atoms with Gasteiger partial charge in [0.1, 0.15) is 17.7 Å². The Bertz CT molecular complexity index is 1530. The van der Waals surface area contributed by atoms with E-state index in [1.807, 2.05) is 13.8 Å². The molecule has 0 aromatic heterocycles. The van der Waals surface area contributed by atoms with Gasteiger partial charge in [0, 0.05) is 24.7 Å². The molecule has 1 heterocycles. The average molecular weight is 635 g/mol. The molecule has 5 aliphatic rings. The molecule has 2 aromatic rings. The molecule has 7 rings (SSSR count). The molecule has 4 saturated carbocycles. The molecule has 0 amide bonds. The summed E-state index contributed by atoms with van der Waals surface area (Å²) in [5.74, 6) is -2.21. The standard InChI is InChI=1S/C33H38ClF3N2O3S/c1-30(2)28(26(40)11-9-21-12-14-33(36,37)15-13-21)38-29(39-30)32-18-31(19-32,20-32)27(17-22-8-10-24(34)25(35)16-22)43(41,42)23-6-4-3-5-7-23/h3-8,10,16,21,27-28H,9,11-15,17-20H2,1-2H3,(H,38,39)/t27?,28-,31?,32?/m0/s1. The molecule has 0 radical (unpaired) electrons. The van der Waals surface area contributed by atoms with Gasteiger partial charge in [-0.3, -0.25) is 9.79 Å². The maximum Gasteiger partial charge on any atom is 0.248 e. The van der Waals surface area contributed by atoms with Crippen molar-refractivity contribution in [2.45, 2.75) is 106 Å². The Morgan fingerprint density at radius 2 is 1.72 bits per heavy atom. The number of hydrogen-bond acceptors (Lipinski definition) is 5. The maximum atomic E-state index is 14.3. The van der Waals surface area contributed by atoms with Crippen LogP contribution in [0.25, 0.3) is 0 Å². The van der Waals surface area contributed by atoms with Crippen LogP contribution in [-0.2, 0) is 21.1 Å². The molecule has 5 nitrogen and oxygen atoms in total. The van der Waals surface area contributed by atoms with Crippen molar-refractivity contribution in [1.82, 2.24) is 5.32 Å². The Morgan fingerprint density at radius 3 is 2.35 bits per heavy atom. The second-order valence-electron chi connectivity index (χ2n) is 14.0. The van der Waals surface area contributed by atoms with Gasteiger partial charge >= 0.3 is 0 Å². The lowest BCUT2D eigenvalue weighted by molar-refractivity contribution is -0.156. The molecule has 1 N–H and O–H groups in total. The minimum atomic E-state index is -3.74. The number of ketones is 1. The molecule has 4 aliphatic carbocycles. The fourth-order valence-electron chi connectivity index (χ4n) is 8.09. The third-order valence-corrected chi connectivity index (χ3v) is 13.1. The monoisotopic (exact) mass is 634 g/mol. The zero-order chi connectivity index (χ0) is 30.8. The summed E-state index contributed by atoms with van der Waals surface area (Å²) in [4.78, 5) is 18.5. The normalized spacial score (nSPS) is 30.0. The van der Waals surface area contributed by atoms with Crippen molar-refractivity contribution in [3.8, 4) is 0 Å². The van der Waals surface area contributed by atoms with E-state index in [0.29, 0.717) is 50.5 Å². The highest BCUT2D eigenvalue weighted by Crippen LogP contribution is 2.76. The Balaban J connectivity index is 1.15. The number of nitrogens with zero attached hydrogens (tertiary/aromatic N) is 1. The van der Waals surface area contributed by atoms with Crippen LogP contribution in [-0.4, -0.2) is 42.8 Å². The summed E-state index contributed by atoms with van der Waals surface area (Å²) in [6, 6.07) is 12.3. The van der Waals surface area contributed by atoms with Crippen molar-refractivity contribution >= 4 is 33.1 Å². The molecule has 2 bridgehead atoms. The van der Waals surface area contributed by atoms with Crippen LogP contribution in [0.1, 0.15) is 77.2 Å². The van der Waals surface area contributed by atoms with Gasteiger partial charge in [0.05, 0.1) is 20.7 Å². The maximum absolute atomic E-state index is 14.3. The minimum absolute atomic E-state index is 0.00647. The number of sulfone groups is 1. The Labute approximate surface area is 256 Å². The summed E-state index contributed by atoms with van der Waals surface area (Å²) in [6.07, 6.45) is 3.64. The van der Waals surface area contributed by atoms with Crippen molar-refractivity contribution in [1.29, 1.82) is 0 Å². The van der Waals surface area contributed by atoms with Gasteiger partial charge in [-0.25, -0.2) is 21.6 Å². The molecule has 0 spiro atoms. The van der Waals surface area contributed by atoms with Gasteiger partial charge in [-0.1, -0.05) is 35.9 Å².